The van der Waals surface area contributed by atoms with Crippen LogP contribution in [0.4, 0.5) is 0 Å². The fraction of sp³-hybridized carbons (Fsp3) is 0. The molecule has 0 saturated heterocycles. The van der Waals surface area contributed by atoms with Gasteiger partial charge in [0.15, 0.2) is 17.5 Å². The van der Waals surface area contributed by atoms with Crippen LogP contribution in [-0.4, -0.2) is 15.0 Å². The molecule has 256 valence electrons. The first-order valence-corrected chi connectivity index (χ1v) is 18.5. The second-order valence-electron chi connectivity index (χ2n) is 13.9. The summed E-state index contributed by atoms with van der Waals surface area (Å²) in [5.41, 5.74) is 8.99. The molecule has 0 saturated carbocycles. The van der Waals surface area contributed by atoms with Crippen molar-refractivity contribution in [3.05, 3.63) is 188 Å². The number of aromatic nitrogens is 3. The lowest BCUT2D eigenvalue weighted by molar-refractivity contribution is 0.670. The summed E-state index contributed by atoms with van der Waals surface area (Å²) in [7, 11) is 0. The molecule has 0 radical (unpaired) electrons. The summed E-state index contributed by atoms with van der Waals surface area (Å²) in [6, 6.07) is 65.7. The molecule has 11 rings (SSSR count). The van der Waals surface area contributed by atoms with Crippen molar-refractivity contribution in [2.24, 2.45) is 0 Å². The number of furan rings is 1. The highest BCUT2D eigenvalue weighted by molar-refractivity contribution is 6.25. The number of benzene rings is 9. The Hall–Kier alpha value is -7.43. The van der Waals surface area contributed by atoms with E-state index < -0.39 is 0 Å². The molecule has 4 heteroatoms. The van der Waals surface area contributed by atoms with E-state index in [4.69, 9.17) is 19.4 Å². The van der Waals surface area contributed by atoms with E-state index in [0.717, 1.165) is 77.0 Å². The molecule has 0 spiro atoms. The van der Waals surface area contributed by atoms with Crippen LogP contribution < -0.4 is 0 Å². The number of rotatable bonds is 5. The molecule has 0 amide bonds. The Bertz CT molecular complexity index is 3260. The maximum atomic E-state index is 6.90. The molecule has 0 aliphatic rings. The van der Waals surface area contributed by atoms with Gasteiger partial charge in [-0.15, -0.1) is 0 Å². The zero-order valence-corrected chi connectivity index (χ0v) is 29.6. The summed E-state index contributed by atoms with van der Waals surface area (Å²) < 4.78 is 6.90. The van der Waals surface area contributed by atoms with Crippen molar-refractivity contribution in [1.82, 2.24) is 15.0 Å². The van der Waals surface area contributed by atoms with E-state index in [1.54, 1.807) is 0 Å². The molecule has 9 aromatic carbocycles. The number of hydrogen-bond acceptors (Lipinski definition) is 4. The average Bonchev–Trinajstić information content (AvgIpc) is 3.67. The standard InChI is InChI=1S/C51H31N3O/c1-3-14-33(15-4-1)39-26-28-43(48-47(39)46-38-20-10-9-16-34(38)25-30-45(46)55-48)42-27-29-44(41-22-12-11-21-40(41)42)51-53-49(35-17-5-2-6-18-35)52-50(54-51)37-24-23-32-13-7-8-19-36(32)31-37/h1-31H. The summed E-state index contributed by atoms with van der Waals surface area (Å²) in [6.45, 7) is 0. The fourth-order valence-corrected chi connectivity index (χ4v) is 8.11. The Balaban J connectivity index is 1.15. The van der Waals surface area contributed by atoms with Gasteiger partial charge in [-0.1, -0.05) is 164 Å². The normalized spacial score (nSPS) is 11.6. The van der Waals surface area contributed by atoms with E-state index in [2.05, 4.69) is 158 Å². The van der Waals surface area contributed by atoms with Crippen LogP contribution in [0.3, 0.4) is 0 Å². The summed E-state index contributed by atoms with van der Waals surface area (Å²) in [5.74, 6) is 1.89. The molecule has 4 nitrogen and oxygen atoms in total. The first-order valence-electron chi connectivity index (χ1n) is 18.5. The first kappa shape index (κ1) is 31.1. The van der Waals surface area contributed by atoms with E-state index >= 15 is 0 Å². The largest absolute Gasteiger partial charge is 0.455 e. The molecule has 0 fully saturated rings. The van der Waals surface area contributed by atoms with Crippen molar-refractivity contribution in [1.29, 1.82) is 0 Å². The Labute approximate surface area is 317 Å². The van der Waals surface area contributed by atoms with Gasteiger partial charge in [0.25, 0.3) is 0 Å². The van der Waals surface area contributed by atoms with E-state index in [1.807, 2.05) is 30.3 Å². The van der Waals surface area contributed by atoms with Crippen LogP contribution in [0.1, 0.15) is 0 Å². The smallest absolute Gasteiger partial charge is 0.164 e. The van der Waals surface area contributed by atoms with Crippen molar-refractivity contribution in [2.45, 2.75) is 0 Å². The quantitative estimate of drug-likeness (QED) is 0.179. The minimum absolute atomic E-state index is 0.625. The van der Waals surface area contributed by atoms with Gasteiger partial charge in [0, 0.05) is 33.0 Å². The summed E-state index contributed by atoms with van der Waals surface area (Å²) in [6.07, 6.45) is 0. The number of fused-ring (bicyclic) bond motifs is 7. The molecule has 0 aliphatic carbocycles. The van der Waals surface area contributed by atoms with E-state index in [-0.39, 0.29) is 0 Å². The molecule has 11 aromatic rings. The van der Waals surface area contributed by atoms with E-state index in [9.17, 15) is 0 Å². The van der Waals surface area contributed by atoms with Crippen molar-refractivity contribution < 1.29 is 4.42 Å². The highest BCUT2D eigenvalue weighted by Gasteiger charge is 2.22. The van der Waals surface area contributed by atoms with Crippen LogP contribution in [0.25, 0.3) is 111 Å². The van der Waals surface area contributed by atoms with Gasteiger partial charge in [0.1, 0.15) is 11.2 Å². The van der Waals surface area contributed by atoms with Crippen molar-refractivity contribution in [3.63, 3.8) is 0 Å². The number of nitrogens with zero attached hydrogens (tertiary/aromatic N) is 3. The van der Waals surface area contributed by atoms with Crippen LogP contribution in [0.2, 0.25) is 0 Å². The van der Waals surface area contributed by atoms with Gasteiger partial charge in [-0.3, -0.25) is 0 Å². The summed E-state index contributed by atoms with van der Waals surface area (Å²) in [4.78, 5) is 15.3. The summed E-state index contributed by atoms with van der Waals surface area (Å²) >= 11 is 0. The Morgan fingerprint density at radius 3 is 1.64 bits per heavy atom. The SMILES string of the molecule is c1ccc(-c2nc(-c3ccc4ccccc4c3)nc(-c3ccc(-c4ccc(-c5ccccc5)c5c4oc4ccc6ccccc6c45)c4ccccc34)n2)cc1. The van der Waals surface area contributed by atoms with Gasteiger partial charge < -0.3 is 4.42 Å². The molecule has 0 bridgehead atoms. The Morgan fingerprint density at radius 1 is 0.309 bits per heavy atom. The lowest BCUT2D eigenvalue weighted by atomic mass is 9.90. The van der Waals surface area contributed by atoms with Gasteiger partial charge in [0.2, 0.25) is 0 Å². The second-order valence-corrected chi connectivity index (χ2v) is 13.9. The molecule has 2 aromatic heterocycles. The maximum Gasteiger partial charge on any atom is 0.164 e. The molecule has 0 atom stereocenters. The minimum atomic E-state index is 0.625. The third-order valence-corrected chi connectivity index (χ3v) is 10.7. The topological polar surface area (TPSA) is 51.8 Å². The molecule has 0 unspecified atom stereocenters. The van der Waals surface area contributed by atoms with Gasteiger partial charge >= 0.3 is 0 Å². The van der Waals surface area contributed by atoms with Gasteiger partial charge in [-0.25, -0.2) is 15.0 Å². The molecule has 55 heavy (non-hydrogen) atoms. The van der Waals surface area contributed by atoms with E-state index in [1.165, 1.54) is 16.2 Å². The predicted molar refractivity (Wildman–Crippen MR) is 227 cm³/mol. The molecule has 2 heterocycles. The van der Waals surface area contributed by atoms with Gasteiger partial charge in [0.05, 0.1) is 0 Å². The van der Waals surface area contributed by atoms with Gasteiger partial charge in [-0.05, 0) is 73.3 Å². The lowest BCUT2D eigenvalue weighted by Gasteiger charge is -2.14. The molecule has 0 aliphatic heterocycles. The highest BCUT2D eigenvalue weighted by Crippen LogP contribution is 2.46. The van der Waals surface area contributed by atoms with Crippen molar-refractivity contribution >= 4 is 54.3 Å². The van der Waals surface area contributed by atoms with Crippen LogP contribution >= 0.6 is 0 Å². The predicted octanol–water partition coefficient (Wildman–Crippen LogP) is 13.6. The van der Waals surface area contributed by atoms with Crippen molar-refractivity contribution in [2.75, 3.05) is 0 Å². The third kappa shape index (κ3) is 5.19. The molecule has 0 N–H and O–H groups in total. The van der Waals surface area contributed by atoms with E-state index in [0.29, 0.717) is 17.5 Å². The second kappa shape index (κ2) is 12.6. The maximum absolute atomic E-state index is 6.90. The number of hydrogen-bond donors (Lipinski definition) is 0. The fourth-order valence-electron chi connectivity index (χ4n) is 8.11. The third-order valence-electron chi connectivity index (χ3n) is 10.7. The lowest BCUT2D eigenvalue weighted by Crippen LogP contribution is -2.01. The van der Waals surface area contributed by atoms with Crippen LogP contribution in [0.15, 0.2) is 192 Å². The zero-order chi connectivity index (χ0) is 36.3. The summed E-state index contributed by atoms with van der Waals surface area (Å²) in [5, 5.41) is 9.08. The minimum Gasteiger partial charge on any atom is -0.455 e. The Morgan fingerprint density at radius 2 is 0.855 bits per heavy atom. The molecular weight excluding hydrogens is 671 g/mol. The van der Waals surface area contributed by atoms with Crippen molar-refractivity contribution in [3.8, 4) is 56.4 Å². The van der Waals surface area contributed by atoms with Gasteiger partial charge in [-0.2, -0.15) is 0 Å². The van der Waals surface area contributed by atoms with Crippen LogP contribution in [0, 0.1) is 0 Å². The van der Waals surface area contributed by atoms with Crippen LogP contribution in [0.5, 0.6) is 0 Å². The zero-order valence-electron chi connectivity index (χ0n) is 29.6. The molecular formula is C51H31N3O. The average molecular weight is 702 g/mol. The first-order chi connectivity index (χ1) is 27.3. The Kier molecular flexibility index (Phi) is 7.14. The monoisotopic (exact) mass is 701 g/mol. The highest BCUT2D eigenvalue weighted by atomic mass is 16.3. The van der Waals surface area contributed by atoms with Crippen LogP contribution in [-0.2, 0) is 0 Å².